The molecule has 0 aliphatic rings. The third-order valence-corrected chi connectivity index (χ3v) is 1.45. The van der Waals surface area contributed by atoms with Crippen LogP contribution in [0.1, 0.15) is 11.4 Å². The molecule has 1 aromatic rings. The maximum atomic E-state index is 12.2. The summed E-state index contributed by atoms with van der Waals surface area (Å²) in [6, 6.07) is 0. The summed E-state index contributed by atoms with van der Waals surface area (Å²) in [6.45, 7) is 1.53. The lowest BCUT2D eigenvalue weighted by molar-refractivity contribution is -0.137. The van der Waals surface area contributed by atoms with E-state index < -0.39 is 11.7 Å². The van der Waals surface area contributed by atoms with Gasteiger partial charge in [-0.25, -0.2) is 9.97 Å². The highest BCUT2D eigenvalue weighted by Crippen LogP contribution is 2.32. The zero-order valence-corrected chi connectivity index (χ0v) is 7.11. The summed E-state index contributed by atoms with van der Waals surface area (Å²) < 4.78 is 36.7. The van der Waals surface area contributed by atoms with Crippen molar-refractivity contribution in [3.05, 3.63) is 17.6 Å². The van der Waals surface area contributed by atoms with Gasteiger partial charge in [-0.3, -0.25) is 0 Å². The Labute approximate surface area is 73.0 Å². The van der Waals surface area contributed by atoms with Crippen LogP contribution in [0.4, 0.5) is 19.0 Å². The fourth-order valence-electron chi connectivity index (χ4n) is 0.868. The topological polar surface area (TPSA) is 37.8 Å². The number of aryl methyl sites for hydroxylation is 1. The first-order chi connectivity index (χ1) is 5.95. The third kappa shape index (κ3) is 2.07. The number of nitrogens with one attached hydrogen (secondary N) is 1. The van der Waals surface area contributed by atoms with Crippen LogP contribution in [0.3, 0.4) is 0 Å². The zero-order valence-electron chi connectivity index (χ0n) is 7.11. The molecule has 0 radical (unpaired) electrons. The van der Waals surface area contributed by atoms with Crippen molar-refractivity contribution in [1.82, 2.24) is 9.97 Å². The number of alkyl halides is 3. The lowest BCUT2D eigenvalue weighted by Crippen LogP contribution is -2.11. The van der Waals surface area contributed by atoms with Gasteiger partial charge in [-0.2, -0.15) is 13.2 Å². The quantitative estimate of drug-likeness (QED) is 0.736. The molecule has 0 aliphatic heterocycles. The summed E-state index contributed by atoms with van der Waals surface area (Å²) >= 11 is 0. The predicted molar refractivity (Wildman–Crippen MR) is 41.3 cm³/mol. The summed E-state index contributed by atoms with van der Waals surface area (Å²) in [4.78, 5) is 7.10. The van der Waals surface area contributed by atoms with E-state index in [0.717, 1.165) is 6.20 Å². The minimum atomic E-state index is -4.41. The molecule has 0 bridgehead atoms. The van der Waals surface area contributed by atoms with Crippen molar-refractivity contribution < 1.29 is 13.2 Å². The Kier molecular flexibility index (Phi) is 2.40. The van der Waals surface area contributed by atoms with Crippen molar-refractivity contribution in [2.75, 3.05) is 12.4 Å². The number of nitrogens with zero attached hydrogens (tertiary/aromatic N) is 2. The molecule has 1 rings (SSSR count). The van der Waals surface area contributed by atoms with Crippen LogP contribution in [0.15, 0.2) is 6.20 Å². The van der Waals surface area contributed by atoms with Crippen LogP contribution < -0.4 is 5.32 Å². The maximum absolute atomic E-state index is 12.2. The number of anilines is 1. The Morgan fingerprint density at radius 1 is 1.38 bits per heavy atom. The van der Waals surface area contributed by atoms with E-state index in [2.05, 4.69) is 15.3 Å². The van der Waals surface area contributed by atoms with Gasteiger partial charge in [-0.05, 0) is 6.92 Å². The first-order valence-corrected chi connectivity index (χ1v) is 3.53. The monoisotopic (exact) mass is 191 g/mol. The van der Waals surface area contributed by atoms with Crippen molar-refractivity contribution in [1.29, 1.82) is 0 Å². The summed E-state index contributed by atoms with van der Waals surface area (Å²) in [5, 5.41) is 2.37. The van der Waals surface area contributed by atoms with E-state index >= 15 is 0 Å². The van der Waals surface area contributed by atoms with Gasteiger partial charge in [0.25, 0.3) is 0 Å². The average molecular weight is 191 g/mol. The molecule has 3 nitrogen and oxygen atoms in total. The first kappa shape index (κ1) is 9.76. The van der Waals surface area contributed by atoms with Gasteiger partial charge in [0.15, 0.2) is 0 Å². The maximum Gasteiger partial charge on any atom is 0.421 e. The highest BCUT2D eigenvalue weighted by molar-refractivity contribution is 5.43. The molecule has 0 fully saturated rings. The lowest BCUT2D eigenvalue weighted by Gasteiger charge is -2.10. The summed E-state index contributed by atoms with van der Waals surface area (Å²) in [5.41, 5.74) is -0.847. The molecule has 0 unspecified atom stereocenters. The molecule has 0 saturated heterocycles. The van der Waals surface area contributed by atoms with Crippen LogP contribution in [0, 0.1) is 6.92 Å². The highest BCUT2D eigenvalue weighted by Gasteiger charge is 2.34. The van der Waals surface area contributed by atoms with Gasteiger partial charge in [0.2, 0.25) is 0 Å². The first-order valence-electron chi connectivity index (χ1n) is 3.53. The average Bonchev–Trinajstić information content (AvgIpc) is 2.01. The van der Waals surface area contributed by atoms with E-state index in [9.17, 15) is 13.2 Å². The molecule has 13 heavy (non-hydrogen) atoms. The molecule has 1 aromatic heterocycles. The molecule has 0 aromatic carbocycles. The number of aromatic nitrogens is 2. The van der Waals surface area contributed by atoms with Gasteiger partial charge in [-0.1, -0.05) is 0 Å². The Morgan fingerprint density at radius 2 is 2.00 bits per heavy atom. The lowest BCUT2D eigenvalue weighted by atomic mass is 10.3. The fraction of sp³-hybridized carbons (Fsp3) is 0.429. The Bertz CT molecular complexity index is 308. The molecule has 0 spiro atoms. The summed E-state index contributed by atoms with van der Waals surface area (Å²) in [7, 11) is 1.39. The largest absolute Gasteiger partial charge is 0.421 e. The van der Waals surface area contributed by atoms with Crippen LogP contribution in [-0.2, 0) is 6.18 Å². The molecule has 0 aliphatic carbocycles. The normalized spacial score (nSPS) is 11.5. The predicted octanol–water partition coefficient (Wildman–Crippen LogP) is 1.85. The number of hydrogen-bond acceptors (Lipinski definition) is 3. The van der Waals surface area contributed by atoms with E-state index in [1.807, 2.05) is 0 Å². The van der Waals surface area contributed by atoms with Gasteiger partial charge in [0, 0.05) is 13.2 Å². The Balaban J connectivity index is 3.22. The van der Waals surface area contributed by atoms with E-state index in [1.54, 1.807) is 0 Å². The standard InChI is InChI=1S/C7H8F3N3/c1-4-12-3-5(7(8,9)10)6(11-2)13-4/h3H,1-2H3,(H,11,12,13). The fourth-order valence-corrected chi connectivity index (χ4v) is 0.868. The second-order valence-electron chi connectivity index (χ2n) is 2.43. The molecule has 72 valence electrons. The van der Waals surface area contributed by atoms with Gasteiger partial charge in [0.1, 0.15) is 17.2 Å². The summed E-state index contributed by atoms with van der Waals surface area (Å²) in [5.74, 6) is 0.109. The van der Waals surface area contributed by atoms with Crippen molar-refractivity contribution in [2.45, 2.75) is 13.1 Å². The van der Waals surface area contributed by atoms with Crippen LogP contribution in [0.5, 0.6) is 0 Å². The second kappa shape index (κ2) is 3.20. The van der Waals surface area contributed by atoms with E-state index in [4.69, 9.17) is 0 Å². The summed E-state index contributed by atoms with van der Waals surface area (Å²) in [6.07, 6.45) is -3.64. The molecule has 1 heterocycles. The van der Waals surface area contributed by atoms with Gasteiger partial charge in [0.05, 0.1) is 0 Å². The van der Waals surface area contributed by atoms with Crippen molar-refractivity contribution in [3.8, 4) is 0 Å². The van der Waals surface area contributed by atoms with E-state index in [-0.39, 0.29) is 5.82 Å². The molecule has 1 N–H and O–H groups in total. The van der Waals surface area contributed by atoms with Gasteiger partial charge < -0.3 is 5.32 Å². The Hall–Kier alpha value is -1.33. The van der Waals surface area contributed by atoms with E-state index in [1.165, 1.54) is 14.0 Å². The van der Waals surface area contributed by atoms with Gasteiger partial charge >= 0.3 is 6.18 Å². The van der Waals surface area contributed by atoms with Crippen LogP contribution >= 0.6 is 0 Å². The number of hydrogen-bond donors (Lipinski definition) is 1. The smallest absolute Gasteiger partial charge is 0.373 e. The van der Waals surface area contributed by atoms with Crippen molar-refractivity contribution in [3.63, 3.8) is 0 Å². The number of halogens is 3. The molecule has 0 amide bonds. The van der Waals surface area contributed by atoms with Gasteiger partial charge in [-0.15, -0.1) is 0 Å². The second-order valence-corrected chi connectivity index (χ2v) is 2.43. The Morgan fingerprint density at radius 3 is 2.46 bits per heavy atom. The molecule has 0 saturated carbocycles. The third-order valence-electron chi connectivity index (χ3n) is 1.45. The van der Waals surface area contributed by atoms with Crippen molar-refractivity contribution in [2.24, 2.45) is 0 Å². The molecular weight excluding hydrogens is 183 g/mol. The highest BCUT2D eigenvalue weighted by atomic mass is 19.4. The zero-order chi connectivity index (χ0) is 10.1. The van der Waals surface area contributed by atoms with Crippen LogP contribution in [0.2, 0.25) is 0 Å². The van der Waals surface area contributed by atoms with Crippen LogP contribution in [0.25, 0.3) is 0 Å². The van der Waals surface area contributed by atoms with Crippen LogP contribution in [-0.4, -0.2) is 17.0 Å². The van der Waals surface area contributed by atoms with E-state index in [0.29, 0.717) is 5.82 Å². The molecular formula is C7H8F3N3. The van der Waals surface area contributed by atoms with Crippen molar-refractivity contribution >= 4 is 5.82 Å². The minimum absolute atomic E-state index is 0.194. The molecule has 6 heteroatoms. The number of rotatable bonds is 1. The SMILES string of the molecule is CNc1nc(C)ncc1C(F)(F)F. The molecule has 0 atom stereocenters. The minimum Gasteiger partial charge on any atom is -0.373 e.